The third kappa shape index (κ3) is 4.13. The SMILES string of the molecule is Cc1ccc(C(F)(F)F)cc1NC1CCN(C(C)C)CC1. The van der Waals surface area contributed by atoms with Gasteiger partial charge in [0.05, 0.1) is 5.56 Å². The van der Waals surface area contributed by atoms with E-state index in [-0.39, 0.29) is 6.04 Å². The molecule has 2 nitrogen and oxygen atoms in total. The van der Waals surface area contributed by atoms with Crippen LogP contribution in [-0.4, -0.2) is 30.1 Å². The van der Waals surface area contributed by atoms with Gasteiger partial charge in [-0.2, -0.15) is 13.2 Å². The molecule has 0 unspecified atom stereocenters. The Morgan fingerprint density at radius 1 is 1.19 bits per heavy atom. The highest BCUT2D eigenvalue weighted by Gasteiger charge is 2.31. The van der Waals surface area contributed by atoms with Crippen LogP contribution in [0.5, 0.6) is 0 Å². The predicted molar refractivity (Wildman–Crippen MR) is 79.5 cm³/mol. The van der Waals surface area contributed by atoms with Crippen LogP contribution in [0.1, 0.15) is 37.8 Å². The van der Waals surface area contributed by atoms with E-state index in [1.807, 2.05) is 6.92 Å². The zero-order chi connectivity index (χ0) is 15.6. The Morgan fingerprint density at radius 2 is 1.81 bits per heavy atom. The fraction of sp³-hybridized carbons (Fsp3) is 0.625. The summed E-state index contributed by atoms with van der Waals surface area (Å²) in [7, 11) is 0. The lowest BCUT2D eigenvalue weighted by Gasteiger charge is -2.35. The van der Waals surface area contributed by atoms with Gasteiger partial charge in [-0.25, -0.2) is 0 Å². The summed E-state index contributed by atoms with van der Waals surface area (Å²) in [6.07, 6.45) is -2.35. The van der Waals surface area contributed by atoms with Gasteiger partial charge >= 0.3 is 6.18 Å². The predicted octanol–water partition coefficient (Wildman–Crippen LogP) is 4.30. The van der Waals surface area contributed by atoms with Crippen LogP contribution in [0.15, 0.2) is 18.2 Å². The van der Waals surface area contributed by atoms with Gasteiger partial charge in [0.15, 0.2) is 0 Å². The summed E-state index contributed by atoms with van der Waals surface area (Å²) in [6, 6.07) is 4.68. The number of piperidine rings is 1. The van der Waals surface area contributed by atoms with Crippen molar-refractivity contribution in [1.82, 2.24) is 4.90 Å². The molecule has 0 aliphatic carbocycles. The number of hydrogen-bond acceptors (Lipinski definition) is 2. The molecule has 0 aromatic heterocycles. The second-order valence-corrected chi connectivity index (χ2v) is 6.08. The molecule has 5 heteroatoms. The summed E-state index contributed by atoms with van der Waals surface area (Å²) in [5, 5.41) is 3.29. The van der Waals surface area contributed by atoms with Gasteiger partial charge in [-0.1, -0.05) is 6.07 Å². The molecule has 0 saturated carbocycles. The molecule has 2 rings (SSSR count). The Balaban J connectivity index is 2.03. The van der Waals surface area contributed by atoms with Gasteiger partial charge < -0.3 is 10.2 Å². The van der Waals surface area contributed by atoms with Crippen molar-refractivity contribution in [3.05, 3.63) is 29.3 Å². The van der Waals surface area contributed by atoms with Gasteiger partial charge in [0.2, 0.25) is 0 Å². The molecule has 1 aromatic rings. The minimum atomic E-state index is -4.29. The lowest BCUT2D eigenvalue weighted by Crippen LogP contribution is -2.42. The number of rotatable bonds is 3. The highest BCUT2D eigenvalue weighted by atomic mass is 19.4. The molecule has 1 N–H and O–H groups in total. The van der Waals surface area contributed by atoms with E-state index >= 15 is 0 Å². The molecular weight excluding hydrogens is 277 g/mol. The highest BCUT2D eigenvalue weighted by molar-refractivity contribution is 5.54. The topological polar surface area (TPSA) is 15.3 Å². The number of aryl methyl sites for hydroxylation is 1. The molecule has 0 radical (unpaired) electrons. The lowest BCUT2D eigenvalue weighted by atomic mass is 10.0. The molecule has 1 saturated heterocycles. The Bertz CT molecular complexity index is 475. The molecule has 118 valence electrons. The van der Waals surface area contributed by atoms with Crippen LogP contribution in [-0.2, 0) is 6.18 Å². The number of hydrogen-bond donors (Lipinski definition) is 1. The second kappa shape index (κ2) is 6.26. The van der Waals surface area contributed by atoms with E-state index in [9.17, 15) is 13.2 Å². The summed E-state index contributed by atoms with van der Waals surface area (Å²) in [6.45, 7) is 8.17. The van der Waals surface area contributed by atoms with Crippen molar-refractivity contribution >= 4 is 5.69 Å². The molecule has 0 atom stereocenters. The maximum atomic E-state index is 12.8. The van der Waals surface area contributed by atoms with Crippen molar-refractivity contribution in [2.24, 2.45) is 0 Å². The Labute approximate surface area is 124 Å². The van der Waals surface area contributed by atoms with Crippen LogP contribution < -0.4 is 5.32 Å². The van der Waals surface area contributed by atoms with Gasteiger partial charge in [0.25, 0.3) is 0 Å². The quantitative estimate of drug-likeness (QED) is 0.895. The maximum Gasteiger partial charge on any atom is 0.416 e. The first-order valence-electron chi connectivity index (χ1n) is 7.46. The molecule has 0 amide bonds. The first-order valence-corrected chi connectivity index (χ1v) is 7.46. The van der Waals surface area contributed by atoms with Crippen molar-refractivity contribution in [3.8, 4) is 0 Å². The molecule has 0 spiro atoms. The smallest absolute Gasteiger partial charge is 0.382 e. The molecule has 1 fully saturated rings. The van der Waals surface area contributed by atoms with Gasteiger partial charge in [0.1, 0.15) is 0 Å². The zero-order valence-corrected chi connectivity index (χ0v) is 12.8. The fourth-order valence-corrected chi connectivity index (χ4v) is 2.73. The normalized spacial score (nSPS) is 18.2. The van der Waals surface area contributed by atoms with Crippen LogP contribution >= 0.6 is 0 Å². The zero-order valence-electron chi connectivity index (χ0n) is 12.8. The Morgan fingerprint density at radius 3 is 2.33 bits per heavy atom. The molecule has 1 aliphatic rings. The summed E-state index contributed by atoms with van der Waals surface area (Å²) in [5.74, 6) is 0. The standard InChI is InChI=1S/C16H23F3N2/c1-11(2)21-8-6-14(7-9-21)20-15-10-13(16(17,18)19)5-4-12(15)3/h4-5,10-11,14,20H,6-9H2,1-3H3. The van der Waals surface area contributed by atoms with Crippen molar-refractivity contribution in [1.29, 1.82) is 0 Å². The fourth-order valence-electron chi connectivity index (χ4n) is 2.73. The third-order valence-electron chi connectivity index (χ3n) is 4.18. The summed E-state index contributed by atoms with van der Waals surface area (Å²) >= 11 is 0. The number of anilines is 1. The molecule has 0 bridgehead atoms. The highest BCUT2D eigenvalue weighted by Crippen LogP contribution is 2.32. The van der Waals surface area contributed by atoms with Crippen molar-refractivity contribution in [2.75, 3.05) is 18.4 Å². The molecule has 21 heavy (non-hydrogen) atoms. The number of nitrogens with one attached hydrogen (secondary N) is 1. The Hall–Kier alpha value is -1.23. The average molecular weight is 300 g/mol. The maximum absolute atomic E-state index is 12.8. The van der Waals surface area contributed by atoms with Gasteiger partial charge in [0, 0.05) is 30.9 Å². The first kappa shape index (κ1) is 16.1. The van der Waals surface area contributed by atoms with Crippen molar-refractivity contribution < 1.29 is 13.2 Å². The lowest BCUT2D eigenvalue weighted by molar-refractivity contribution is -0.137. The monoisotopic (exact) mass is 300 g/mol. The molecule has 1 heterocycles. The Kier molecular flexibility index (Phi) is 4.81. The minimum absolute atomic E-state index is 0.252. The van der Waals surface area contributed by atoms with Crippen molar-refractivity contribution in [2.45, 2.75) is 51.9 Å². The summed E-state index contributed by atoms with van der Waals surface area (Å²) in [4.78, 5) is 2.40. The molecule has 1 aromatic carbocycles. The van der Waals surface area contributed by atoms with Crippen LogP contribution in [0.4, 0.5) is 18.9 Å². The van der Waals surface area contributed by atoms with Gasteiger partial charge in [-0.05, 0) is 51.3 Å². The third-order valence-corrected chi connectivity index (χ3v) is 4.18. The first-order chi connectivity index (χ1) is 9.77. The summed E-state index contributed by atoms with van der Waals surface area (Å²) < 4.78 is 38.4. The van der Waals surface area contributed by atoms with E-state index in [4.69, 9.17) is 0 Å². The molecule has 1 aliphatic heterocycles. The van der Waals surface area contributed by atoms with E-state index in [0.717, 1.165) is 37.6 Å². The van der Waals surface area contributed by atoms with Gasteiger partial charge in [-0.15, -0.1) is 0 Å². The largest absolute Gasteiger partial charge is 0.416 e. The van der Waals surface area contributed by atoms with E-state index in [1.165, 1.54) is 12.1 Å². The van der Waals surface area contributed by atoms with Crippen molar-refractivity contribution in [3.63, 3.8) is 0 Å². The summed E-state index contributed by atoms with van der Waals surface area (Å²) in [5.41, 5.74) is 0.873. The number of nitrogens with zero attached hydrogens (tertiary/aromatic N) is 1. The number of halogens is 3. The van der Waals surface area contributed by atoms with Crippen LogP contribution in [0, 0.1) is 6.92 Å². The van der Waals surface area contributed by atoms with E-state index < -0.39 is 11.7 Å². The number of likely N-dealkylation sites (tertiary alicyclic amines) is 1. The number of benzene rings is 1. The van der Waals surface area contributed by atoms with Gasteiger partial charge in [-0.3, -0.25) is 0 Å². The minimum Gasteiger partial charge on any atom is -0.382 e. The second-order valence-electron chi connectivity index (χ2n) is 6.08. The van der Waals surface area contributed by atoms with E-state index in [0.29, 0.717) is 11.7 Å². The number of alkyl halides is 3. The van der Waals surface area contributed by atoms with E-state index in [2.05, 4.69) is 24.1 Å². The van der Waals surface area contributed by atoms with E-state index in [1.54, 1.807) is 0 Å². The molecular formula is C16H23F3N2. The average Bonchev–Trinajstić information content (AvgIpc) is 2.40. The van der Waals surface area contributed by atoms with Crippen LogP contribution in [0.25, 0.3) is 0 Å². The van der Waals surface area contributed by atoms with Crippen LogP contribution in [0.2, 0.25) is 0 Å². The van der Waals surface area contributed by atoms with Crippen LogP contribution in [0.3, 0.4) is 0 Å².